The van der Waals surface area contributed by atoms with Gasteiger partial charge < -0.3 is 4.74 Å². The van der Waals surface area contributed by atoms with Gasteiger partial charge in [0.05, 0.1) is 10.5 Å². The van der Waals surface area contributed by atoms with Gasteiger partial charge in [-0.3, -0.25) is 10.1 Å². The van der Waals surface area contributed by atoms with Gasteiger partial charge in [0.25, 0.3) is 5.69 Å². The molecular formula is C19H14ClNO3. The first-order chi connectivity index (χ1) is 11.6. The van der Waals surface area contributed by atoms with Crippen molar-refractivity contribution < 1.29 is 9.66 Å². The van der Waals surface area contributed by atoms with Gasteiger partial charge in [0.1, 0.15) is 12.4 Å². The van der Waals surface area contributed by atoms with E-state index in [2.05, 4.69) is 0 Å². The van der Waals surface area contributed by atoms with Crippen molar-refractivity contribution in [1.29, 1.82) is 0 Å². The second kappa shape index (κ2) is 7.15. The lowest BCUT2D eigenvalue weighted by Crippen LogP contribution is -1.96. The van der Waals surface area contributed by atoms with Crippen molar-refractivity contribution >= 4 is 17.3 Å². The summed E-state index contributed by atoms with van der Waals surface area (Å²) in [6.07, 6.45) is 0. The first-order valence-corrected chi connectivity index (χ1v) is 7.72. The third kappa shape index (κ3) is 3.73. The number of nitro groups is 1. The fourth-order valence-corrected chi connectivity index (χ4v) is 2.56. The third-order valence-corrected chi connectivity index (χ3v) is 3.78. The van der Waals surface area contributed by atoms with Crippen molar-refractivity contribution in [3.05, 3.63) is 93.5 Å². The van der Waals surface area contributed by atoms with Gasteiger partial charge in [0, 0.05) is 11.1 Å². The molecule has 24 heavy (non-hydrogen) atoms. The highest BCUT2D eigenvalue weighted by Crippen LogP contribution is 2.33. The number of nitrogens with zero attached hydrogens (tertiary/aromatic N) is 1. The number of halogens is 1. The van der Waals surface area contributed by atoms with Crippen molar-refractivity contribution in [1.82, 2.24) is 0 Å². The highest BCUT2D eigenvalue weighted by Gasteiger charge is 2.16. The molecule has 4 nitrogen and oxygen atoms in total. The molecule has 0 radical (unpaired) electrons. The molecule has 0 unspecified atom stereocenters. The average Bonchev–Trinajstić information content (AvgIpc) is 2.61. The summed E-state index contributed by atoms with van der Waals surface area (Å²) in [6, 6.07) is 21.7. The number of hydrogen-bond acceptors (Lipinski definition) is 3. The molecule has 0 saturated heterocycles. The lowest BCUT2D eigenvalue weighted by Gasteiger charge is -2.09. The summed E-state index contributed by atoms with van der Waals surface area (Å²) in [4.78, 5) is 10.8. The minimum absolute atomic E-state index is 0.0253. The van der Waals surface area contributed by atoms with Gasteiger partial charge in [-0.15, -0.1) is 0 Å². The first-order valence-electron chi connectivity index (χ1n) is 7.34. The molecule has 0 amide bonds. The number of rotatable bonds is 5. The van der Waals surface area contributed by atoms with Crippen molar-refractivity contribution in [3.63, 3.8) is 0 Å². The van der Waals surface area contributed by atoms with E-state index >= 15 is 0 Å². The maximum atomic E-state index is 11.3. The molecule has 0 aliphatic carbocycles. The summed E-state index contributed by atoms with van der Waals surface area (Å²) < 4.78 is 5.78. The molecule has 120 valence electrons. The summed E-state index contributed by atoms with van der Waals surface area (Å²) in [5.41, 5.74) is 2.25. The Morgan fingerprint density at radius 1 is 0.958 bits per heavy atom. The van der Waals surface area contributed by atoms with Crippen LogP contribution in [0.15, 0.2) is 72.8 Å². The second-order valence-electron chi connectivity index (χ2n) is 5.22. The van der Waals surface area contributed by atoms with Crippen molar-refractivity contribution in [2.75, 3.05) is 0 Å². The molecule has 0 bridgehead atoms. The first kappa shape index (κ1) is 16.0. The van der Waals surface area contributed by atoms with E-state index in [4.69, 9.17) is 16.3 Å². The lowest BCUT2D eigenvalue weighted by molar-refractivity contribution is -0.384. The van der Waals surface area contributed by atoms with Crippen LogP contribution in [0.25, 0.3) is 11.1 Å². The Hall–Kier alpha value is -2.85. The van der Waals surface area contributed by atoms with Crippen LogP contribution < -0.4 is 4.74 Å². The van der Waals surface area contributed by atoms with E-state index in [0.717, 1.165) is 5.56 Å². The van der Waals surface area contributed by atoms with Crippen LogP contribution in [0.5, 0.6) is 5.75 Å². The topological polar surface area (TPSA) is 52.4 Å². The molecule has 0 heterocycles. The summed E-state index contributed by atoms with van der Waals surface area (Å²) in [7, 11) is 0. The monoisotopic (exact) mass is 339 g/mol. The van der Waals surface area contributed by atoms with Crippen molar-refractivity contribution in [3.8, 4) is 16.9 Å². The fraction of sp³-hybridized carbons (Fsp3) is 0.0526. The van der Waals surface area contributed by atoms with E-state index in [-0.39, 0.29) is 5.69 Å². The summed E-state index contributed by atoms with van der Waals surface area (Å²) in [5, 5.41) is 11.6. The van der Waals surface area contributed by atoms with Gasteiger partial charge >= 0.3 is 0 Å². The van der Waals surface area contributed by atoms with E-state index in [9.17, 15) is 10.1 Å². The van der Waals surface area contributed by atoms with Gasteiger partial charge in [-0.1, -0.05) is 54.1 Å². The maximum Gasteiger partial charge on any atom is 0.278 e. The summed E-state index contributed by atoms with van der Waals surface area (Å²) >= 11 is 5.87. The number of nitro benzene ring substituents is 1. The molecule has 3 aromatic carbocycles. The highest BCUT2D eigenvalue weighted by molar-refractivity contribution is 6.30. The molecule has 0 fully saturated rings. The van der Waals surface area contributed by atoms with Crippen LogP contribution in [0.1, 0.15) is 5.56 Å². The SMILES string of the molecule is O=[N+]([O-])c1cc(Cl)ccc1-c1cccc(OCc2ccccc2)c1. The average molecular weight is 340 g/mol. The van der Waals surface area contributed by atoms with E-state index < -0.39 is 4.92 Å². The van der Waals surface area contributed by atoms with Gasteiger partial charge in [-0.25, -0.2) is 0 Å². The Bertz CT molecular complexity index is 865. The highest BCUT2D eigenvalue weighted by atomic mass is 35.5. The quantitative estimate of drug-likeness (QED) is 0.456. The van der Waals surface area contributed by atoms with Crippen LogP contribution >= 0.6 is 11.6 Å². The summed E-state index contributed by atoms with van der Waals surface area (Å²) in [5.74, 6) is 0.653. The molecule has 0 saturated carbocycles. The van der Waals surface area contributed by atoms with Crippen LogP contribution in [0.4, 0.5) is 5.69 Å². The smallest absolute Gasteiger partial charge is 0.278 e. The van der Waals surface area contributed by atoms with E-state index in [1.54, 1.807) is 18.2 Å². The second-order valence-corrected chi connectivity index (χ2v) is 5.66. The zero-order valence-corrected chi connectivity index (χ0v) is 13.4. The van der Waals surface area contributed by atoms with Crippen LogP contribution in [0, 0.1) is 10.1 Å². The summed E-state index contributed by atoms with van der Waals surface area (Å²) in [6.45, 7) is 0.438. The predicted molar refractivity (Wildman–Crippen MR) is 94.3 cm³/mol. The van der Waals surface area contributed by atoms with Crippen LogP contribution in [-0.2, 0) is 6.61 Å². The Morgan fingerprint density at radius 2 is 1.75 bits per heavy atom. The standard InChI is InChI=1S/C19H14ClNO3/c20-16-9-10-18(19(12-16)21(22)23)15-7-4-8-17(11-15)24-13-14-5-2-1-3-6-14/h1-12H,13H2. The predicted octanol–water partition coefficient (Wildman–Crippen LogP) is 5.49. The number of hydrogen-bond donors (Lipinski definition) is 0. The maximum absolute atomic E-state index is 11.3. The van der Waals surface area contributed by atoms with Crippen molar-refractivity contribution in [2.24, 2.45) is 0 Å². The molecule has 0 spiro atoms. The largest absolute Gasteiger partial charge is 0.489 e. The fourth-order valence-electron chi connectivity index (χ4n) is 2.39. The molecule has 0 N–H and O–H groups in total. The molecular weight excluding hydrogens is 326 g/mol. The zero-order chi connectivity index (χ0) is 16.9. The van der Waals surface area contributed by atoms with E-state index in [0.29, 0.717) is 28.5 Å². The molecule has 3 aromatic rings. The van der Waals surface area contributed by atoms with Gasteiger partial charge in [-0.2, -0.15) is 0 Å². The van der Waals surface area contributed by atoms with Crippen LogP contribution in [0.3, 0.4) is 0 Å². The molecule has 0 atom stereocenters. The minimum Gasteiger partial charge on any atom is -0.489 e. The zero-order valence-electron chi connectivity index (χ0n) is 12.7. The Labute approximate surface area is 144 Å². The lowest BCUT2D eigenvalue weighted by atomic mass is 10.0. The molecule has 3 rings (SSSR count). The number of benzene rings is 3. The van der Waals surface area contributed by atoms with Crippen LogP contribution in [-0.4, -0.2) is 4.92 Å². The van der Waals surface area contributed by atoms with E-state index in [1.807, 2.05) is 48.5 Å². The molecule has 5 heteroatoms. The number of ether oxygens (including phenoxy) is 1. The normalized spacial score (nSPS) is 10.4. The van der Waals surface area contributed by atoms with Gasteiger partial charge in [-0.05, 0) is 35.4 Å². The van der Waals surface area contributed by atoms with Crippen LogP contribution in [0.2, 0.25) is 5.02 Å². The van der Waals surface area contributed by atoms with Gasteiger partial charge in [0.2, 0.25) is 0 Å². The third-order valence-electron chi connectivity index (χ3n) is 3.55. The molecule has 0 aliphatic heterocycles. The Balaban J connectivity index is 1.87. The minimum atomic E-state index is -0.432. The molecule has 0 aromatic heterocycles. The van der Waals surface area contributed by atoms with Gasteiger partial charge in [0.15, 0.2) is 0 Å². The molecule has 0 aliphatic rings. The Morgan fingerprint density at radius 3 is 2.50 bits per heavy atom. The Kier molecular flexibility index (Phi) is 4.77. The van der Waals surface area contributed by atoms with E-state index in [1.165, 1.54) is 6.07 Å². The van der Waals surface area contributed by atoms with Crippen molar-refractivity contribution in [2.45, 2.75) is 6.61 Å².